The minimum absolute atomic E-state index is 0.0376. The van der Waals surface area contributed by atoms with E-state index in [4.69, 9.17) is 12.2 Å². The van der Waals surface area contributed by atoms with Crippen LogP contribution in [0, 0.1) is 10.5 Å². The summed E-state index contributed by atoms with van der Waals surface area (Å²) in [5, 5.41) is 3.15. The van der Waals surface area contributed by atoms with Crippen LogP contribution in [0.3, 0.4) is 0 Å². The summed E-state index contributed by atoms with van der Waals surface area (Å²) in [6, 6.07) is 8.46. The van der Waals surface area contributed by atoms with Crippen LogP contribution in [0.1, 0.15) is 26.5 Å². The molecule has 17 heavy (non-hydrogen) atoms. The molecule has 0 unspecified atom stereocenters. The molecule has 1 aromatic heterocycles. The second kappa shape index (κ2) is 4.11. The van der Waals surface area contributed by atoms with Gasteiger partial charge in [-0.2, -0.15) is 0 Å². The molecule has 2 rings (SSSR count). The molecular weight excluding hydrogens is 235 g/mol. The zero-order chi connectivity index (χ0) is 12.6. The highest BCUT2D eigenvalue weighted by atomic mass is 32.1. The average molecular weight is 250 g/mol. The van der Waals surface area contributed by atoms with E-state index in [9.17, 15) is 4.39 Å². The Morgan fingerprint density at radius 2 is 1.88 bits per heavy atom. The van der Waals surface area contributed by atoms with Gasteiger partial charge in [0.25, 0.3) is 0 Å². The van der Waals surface area contributed by atoms with Gasteiger partial charge in [0.1, 0.15) is 10.5 Å². The summed E-state index contributed by atoms with van der Waals surface area (Å²) in [7, 11) is 0. The topological polar surface area (TPSA) is 20.7 Å². The van der Waals surface area contributed by atoms with Gasteiger partial charge in [-0.05, 0) is 18.2 Å². The number of para-hydroxylation sites is 1. The molecule has 0 atom stereocenters. The fourth-order valence-corrected chi connectivity index (χ4v) is 1.85. The van der Waals surface area contributed by atoms with E-state index < -0.39 is 0 Å². The van der Waals surface area contributed by atoms with Crippen LogP contribution in [0.5, 0.6) is 0 Å². The number of halogens is 1. The summed E-state index contributed by atoms with van der Waals surface area (Å²) < 4.78 is 15.9. The van der Waals surface area contributed by atoms with E-state index in [-0.39, 0.29) is 11.2 Å². The molecule has 4 heteroatoms. The largest absolute Gasteiger partial charge is 0.296 e. The van der Waals surface area contributed by atoms with Crippen LogP contribution < -0.4 is 0 Å². The fourth-order valence-electron chi connectivity index (χ4n) is 1.59. The van der Waals surface area contributed by atoms with Crippen molar-refractivity contribution in [2.45, 2.75) is 26.2 Å². The highest BCUT2D eigenvalue weighted by molar-refractivity contribution is 7.71. The lowest BCUT2D eigenvalue weighted by atomic mass is 9.93. The van der Waals surface area contributed by atoms with Crippen molar-refractivity contribution in [1.82, 2.24) is 9.78 Å². The van der Waals surface area contributed by atoms with Crippen LogP contribution in [0.25, 0.3) is 5.69 Å². The van der Waals surface area contributed by atoms with Crippen LogP contribution in [-0.4, -0.2) is 9.78 Å². The van der Waals surface area contributed by atoms with E-state index in [2.05, 4.69) is 25.9 Å². The number of aromatic nitrogens is 2. The van der Waals surface area contributed by atoms with Gasteiger partial charge in [0, 0.05) is 11.1 Å². The van der Waals surface area contributed by atoms with Crippen molar-refractivity contribution < 1.29 is 4.39 Å². The second-order valence-electron chi connectivity index (χ2n) is 5.04. The Balaban J connectivity index is 2.59. The van der Waals surface area contributed by atoms with E-state index in [1.54, 1.807) is 22.9 Å². The molecule has 0 spiro atoms. The quantitative estimate of drug-likeness (QED) is 0.759. The second-order valence-corrected chi connectivity index (χ2v) is 5.46. The first-order valence-electron chi connectivity index (χ1n) is 5.47. The van der Waals surface area contributed by atoms with Gasteiger partial charge in [-0.3, -0.25) is 5.10 Å². The first kappa shape index (κ1) is 12.0. The SMILES string of the molecule is CC(C)(C)c1cc(=S)n(-c2ccccc2F)[nH]1. The van der Waals surface area contributed by atoms with E-state index in [0.717, 1.165) is 5.69 Å². The van der Waals surface area contributed by atoms with Gasteiger partial charge in [0.15, 0.2) is 0 Å². The van der Waals surface area contributed by atoms with Gasteiger partial charge in [-0.1, -0.05) is 45.1 Å². The molecular formula is C13H15FN2S. The Bertz CT molecular complexity index is 590. The molecule has 1 N–H and O–H groups in total. The standard InChI is InChI=1S/C13H15FN2S/c1-13(2,3)11-8-12(17)16(15-11)10-7-5-4-6-9(10)14/h4-8,15H,1-3H3. The Kier molecular flexibility index (Phi) is 2.91. The number of hydrogen-bond acceptors (Lipinski definition) is 1. The van der Waals surface area contributed by atoms with Crippen LogP contribution in [0.2, 0.25) is 0 Å². The Hall–Kier alpha value is -1.42. The van der Waals surface area contributed by atoms with Crippen LogP contribution in [0.4, 0.5) is 4.39 Å². The third-order valence-electron chi connectivity index (χ3n) is 2.62. The summed E-state index contributed by atoms with van der Waals surface area (Å²) >= 11 is 5.25. The van der Waals surface area contributed by atoms with Crippen LogP contribution >= 0.6 is 12.2 Å². The lowest BCUT2D eigenvalue weighted by Crippen LogP contribution is -2.12. The van der Waals surface area contributed by atoms with Crippen molar-refractivity contribution in [2.75, 3.05) is 0 Å². The highest BCUT2D eigenvalue weighted by Gasteiger charge is 2.17. The van der Waals surface area contributed by atoms with Gasteiger partial charge in [0.05, 0.1) is 5.69 Å². The normalized spacial score (nSPS) is 11.8. The maximum atomic E-state index is 13.7. The molecule has 0 aliphatic rings. The molecule has 1 heterocycles. The molecule has 2 nitrogen and oxygen atoms in total. The maximum Gasteiger partial charge on any atom is 0.148 e. The lowest BCUT2D eigenvalue weighted by molar-refractivity contribution is 0.555. The number of hydrogen-bond donors (Lipinski definition) is 1. The third-order valence-corrected chi connectivity index (χ3v) is 2.92. The first-order chi connectivity index (χ1) is 7.89. The molecule has 0 radical (unpaired) electrons. The maximum absolute atomic E-state index is 13.7. The number of aromatic amines is 1. The zero-order valence-electron chi connectivity index (χ0n) is 10.1. The van der Waals surface area contributed by atoms with Crippen molar-refractivity contribution in [3.8, 4) is 5.69 Å². The molecule has 0 saturated heterocycles. The number of rotatable bonds is 1. The number of H-pyrrole nitrogens is 1. The minimum Gasteiger partial charge on any atom is -0.296 e. The molecule has 1 aromatic carbocycles. The van der Waals surface area contributed by atoms with Crippen molar-refractivity contribution in [2.24, 2.45) is 0 Å². The molecule has 0 fully saturated rings. The Labute approximate surface area is 105 Å². The van der Waals surface area contributed by atoms with E-state index >= 15 is 0 Å². The van der Waals surface area contributed by atoms with Gasteiger partial charge in [0.2, 0.25) is 0 Å². The predicted octanol–water partition coefficient (Wildman–Crippen LogP) is 3.97. The summed E-state index contributed by atoms with van der Waals surface area (Å²) in [6.07, 6.45) is 0. The lowest BCUT2D eigenvalue weighted by Gasteiger charge is -2.15. The van der Waals surface area contributed by atoms with E-state index in [1.165, 1.54) is 6.07 Å². The molecule has 0 bridgehead atoms. The van der Waals surface area contributed by atoms with E-state index in [1.807, 2.05) is 6.07 Å². The monoisotopic (exact) mass is 250 g/mol. The van der Waals surface area contributed by atoms with Crippen molar-refractivity contribution in [1.29, 1.82) is 0 Å². The molecule has 0 amide bonds. The first-order valence-corrected chi connectivity index (χ1v) is 5.88. The summed E-state index contributed by atoms with van der Waals surface area (Å²) in [4.78, 5) is 0. The molecule has 0 saturated carbocycles. The minimum atomic E-state index is -0.286. The van der Waals surface area contributed by atoms with Gasteiger partial charge < -0.3 is 0 Å². The highest BCUT2D eigenvalue weighted by Crippen LogP contribution is 2.22. The zero-order valence-corrected chi connectivity index (χ0v) is 10.9. The van der Waals surface area contributed by atoms with Gasteiger partial charge in [-0.25, -0.2) is 9.07 Å². The average Bonchev–Trinajstić information content (AvgIpc) is 2.61. The van der Waals surface area contributed by atoms with Crippen LogP contribution in [0.15, 0.2) is 30.3 Å². The number of nitrogens with zero attached hydrogens (tertiary/aromatic N) is 1. The van der Waals surface area contributed by atoms with Gasteiger partial charge >= 0.3 is 0 Å². The smallest absolute Gasteiger partial charge is 0.148 e. The summed E-state index contributed by atoms with van der Waals surface area (Å²) in [6.45, 7) is 6.25. The van der Waals surface area contributed by atoms with Crippen molar-refractivity contribution in [3.05, 3.63) is 46.5 Å². The number of benzene rings is 1. The molecule has 2 aromatic rings. The van der Waals surface area contributed by atoms with Crippen molar-refractivity contribution >= 4 is 12.2 Å². The fraction of sp³-hybridized carbons (Fsp3) is 0.308. The third kappa shape index (κ3) is 2.31. The predicted molar refractivity (Wildman–Crippen MR) is 69.6 cm³/mol. The Morgan fingerprint density at radius 1 is 1.24 bits per heavy atom. The Morgan fingerprint density at radius 3 is 2.41 bits per heavy atom. The molecule has 90 valence electrons. The summed E-state index contributed by atoms with van der Waals surface area (Å²) in [5.41, 5.74) is 1.41. The van der Waals surface area contributed by atoms with Crippen LogP contribution in [-0.2, 0) is 5.41 Å². The van der Waals surface area contributed by atoms with Gasteiger partial charge in [-0.15, -0.1) is 0 Å². The summed E-state index contributed by atoms with van der Waals surface area (Å²) in [5.74, 6) is -0.286. The van der Waals surface area contributed by atoms with E-state index in [0.29, 0.717) is 10.3 Å². The van der Waals surface area contributed by atoms with Crippen molar-refractivity contribution in [3.63, 3.8) is 0 Å². The molecule has 0 aliphatic heterocycles. The molecule has 0 aliphatic carbocycles. The number of nitrogens with one attached hydrogen (secondary N) is 1.